The number of benzene rings is 1. The highest BCUT2D eigenvalue weighted by Crippen LogP contribution is 2.28. The number of hydrogen-bond acceptors (Lipinski definition) is 6. The Bertz CT molecular complexity index is 750. The van der Waals surface area contributed by atoms with Gasteiger partial charge in [-0.05, 0) is 24.6 Å². The van der Waals surface area contributed by atoms with Gasteiger partial charge in [-0.1, -0.05) is 11.6 Å². The van der Waals surface area contributed by atoms with E-state index in [9.17, 15) is 13.2 Å². The average molecular weight is 388 g/mol. The van der Waals surface area contributed by atoms with Gasteiger partial charge in [-0.2, -0.15) is 4.31 Å². The molecule has 2 aliphatic heterocycles. The van der Waals surface area contributed by atoms with E-state index < -0.39 is 16.0 Å². The summed E-state index contributed by atoms with van der Waals surface area (Å²) in [6.45, 7) is 4.54. The van der Waals surface area contributed by atoms with E-state index >= 15 is 0 Å². The Hall–Kier alpha value is -1.19. The number of carbonyl (C=O) groups excluding carboxylic acids is 1. The molecule has 1 N–H and O–H groups in total. The van der Waals surface area contributed by atoms with E-state index in [0.29, 0.717) is 13.1 Å². The normalized spacial score (nSPS) is 22.9. The number of nitrogens with zero attached hydrogens (tertiary/aromatic N) is 2. The molecule has 0 radical (unpaired) electrons. The molecule has 1 unspecified atom stereocenters. The zero-order valence-electron chi connectivity index (χ0n) is 14.1. The second kappa shape index (κ2) is 7.59. The Labute approximate surface area is 152 Å². The molecule has 9 heteroatoms. The minimum absolute atomic E-state index is 0.0116. The Morgan fingerprint density at radius 1 is 1.28 bits per heavy atom. The zero-order chi connectivity index (χ0) is 18.0. The lowest BCUT2D eigenvalue weighted by molar-refractivity contribution is 0.0596. The summed E-state index contributed by atoms with van der Waals surface area (Å²) in [5.41, 5.74) is 0.0116. The molecule has 0 spiro atoms. The van der Waals surface area contributed by atoms with Gasteiger partial charge >= 0.3 is 5.97 Å². The van der Waals surface area contributed by atoms with Crippen molar-refractivity contribution in [1.82, 2.24) is 14.5 Å². The smallest absolute Gasteiger partial charge is 0.339 e. The van der Waals surface area contributed by atoms with E-state index in [-0.39, 0.29) is 21.5 Å². The number of nitrogens with one attached hydrogen (secondary N) is 1. The second-order valence-electron chi connectivity index (χ2n) is 6.22. The second-order valence-corrected chi connectivity index (χ2v) is 8.57. The molecule has 7 nitrogen and oxygen atoms in total. The minimum Gasteiger partial charge on any atom is -0.465 e. The molecule has 1 aromatic rings. The van der Waals surface area contributed by atoms with Crippen LogP contribution < -0.4 is 5.32 Å². The lowest BCUT2D eigenvalue weighted by atomic mass is 10.2. The topological polar surface area (TPSA) is 79.0 Å². The molecule has 2 saturated heterocycles. The van der Waals surface area contributed by atoms with Crippen LogP contribution in [-0.4, -0.2) is 76.0 Å². The third-order valence-corrected chi connectivity index (χ3v) is 6.90. The lowest BCUT2D eigenvalue weighted by Gasteiger charge is -2.32. The molecule has 2 heterocycles. The fraction of sp³-hybridized carbons (Fsp3) is 0.562. The van der Waals surface area contributed by atoms with E-state index in [1.807, 2.05) is 0 Å². The summed E-state index contributed by atoms with van der Waals surface area (Å²) >= 11 is 5.98. The van der Waals surface area contributed by atoms with Gasteiger partial charge in [0.1, 0.15) is 0 Å². The van der Waals surface area contributed by atoms with Gasteiger partial charge in [0.2, 0.25) is 10.0 Å². The number of halogens is 1. The van der Waals surface area contributed by atoms with Crippen LogP contribution in [0.2, 0.25) is 5.02 Å². The first kappa shape index (κ1) is 18.6. The molecule has 1 atom stereocenters. The van der Waals surface area contributed by atoms with Crippen LogP contribution in [0.4, 0.5) is 0 Å². The fourth-order valence-corrected chi connectivity index (χ4v) is 5.34. The number of esters is 1. The van der Waals surface area contributed by atoms with Gasteiger partial charge in [-0.3, -0.25) is 4.90 Å². The molecule has 0 aromatic heterocycles. The minimum atomic E-state index is -3.81. The van der Waals surface area contributed by atoms with Gasteiger partial charge < -0.3 is 10.1 Å². The molecule has 138 valence electrons. The summed E-state index contributed by atoms with van der Waals surface area (Å²) in [6, 6.07) is 4.41. The SMILES string of the molecule is COC(=O)c1ccc(Cl)cc1S(=O)(=O)N1CCC(N2CCNCC2)C1. The number of ether oxygens (including phenoxy) is 1. The van der Waals surface area contributed by atoms with Crippen LogP contribution in [0.25, 0.3) is 0 Å². The van der Waals surface area contributed by atoms with Gasteiger partial charge in [0, 0.05) is 50.3 Å². The molecule has 25 heavy (non-hydrogen) atoms. The number of rotatable bonds is 4. The number of sulfonamides is 1. The molecule has 1 aromatic carbocycles. The fourth-order valence-electron chi connectivity index (χ4n) is 3.40. The highest BCUT2D eigenvalue weighted by atomic mass is 35.5. The van der Waals surface area contributed by atoms with Crippen molar-refractivity contribution in [3.63, 3.8) is 0 Å². The summed E-state index contributed by atoms with van der Waals surface area (Å²) in [5.74, 6) is -0.687. The van der Waals surface area contributed by atoms with Crippen molar-refractivity contribution in [3.05, 3.63) is 28.8 Å². The summed E-state index contributed by atoms with van der Waals surface area (Å²) < 4.78 is 32.3. The molecule has 0 bridgehead atoms. The molecular formula is C16H22ClN3O4S. The van der Waals surface area contributed by atoms with Crippen molar-refractivity contribution in [2.75, 3.05) is 46.4 Å². The Balaban J connectivity index is 1.85. The number of methoxy groups -OCH3 is 1. The number of piperazine rings is 1. The number of carbonyl (C=O) groups is 1. The monoisotopic (exact) mass is 387 g/mol. The largest absolute Gasteiger partial charge is 0.465 e. The van der Waals surface area contributed by atoms with Gasteiger partial charge in [-0.25, -0.2) is 13.2 Å². The molecule has 2 fully saturated rings. The van der Waals surface area contributed by atoms with Crippen molar-refractivity contribution in [1.29, 1.82) is 0 Å². The van der Waals surface area contributed by atoms with Gasteiger partial charge in [0.05, 0.1) is 17.6 Å². The van der Waals surface area contributed by atoms with Crippen LogP contribution in [-0.2, 0) is 14.8 Å². The zero-order valence-corrected chi connectivity index (χ0v) is 15.6. The maximum absolute atomic E-state index is 13.1. The Morgan fingerprint density at radius 2 is 2.00 bits per heavy atom. The highest BCUT2D eigenvalue weighted by Gasteiger charge is 2.37. The van der Waals surface area contributed by atoms with Gasteiger partial charge in [0.15, 0.2) is 0 Å². The lowest BCUT2D eigenvalue weighted by Crippen LogP contribution is -2.49. The third-order valence-electron chi connectivity index (χ3n) is 4.76. The molecule has 0 saturated carbocycles. The molecule has 2 aliphatic rings. The van der Waals surface area contributed by atoms with Crippen molar-refractivity contribution >= 4 is 27.6 Å². The Kier molecular flexibility index (Phi) is 5.65. The quantitative estimate of drug-likeness (QED) is 0.770. The van der Waals surface area contributed by atoms with Crippen LogP contribution in [0, 0.1) is 0 Å². The first-order valence-corrected chi connectivity index (χ1v) is 10.1. The van der Waals surface area contributed by atoms with Crippen molar-refractivity contribution < 1.29 is 17.9 Å². The summed E-state index contributed by atoms with van der Waals surface area (Å²) in [6.07, 6.45) is 0.785. The van der Waals surface area contributed by atoms with Crippen LogP contribution in [0.15, 0.2) is 23.1 Å². The third kappa shape index (κ3) is 3.83. The van der Waals surface area contributed by atoms with E-state index in [1.165, 1.54) is 29.6 Å². The highest BCUT2D eigenvalue weighted by molar-refractivity contribution is 7.89. The standard InChI is InChI=1S/C16H22ClN3O4S/c1-24-16(21)14-3-2-12(17)10-15(14)25(22,23)20-7-4-13(11-20)19-8-5-18-6-9-19/h2-3,10,13,18H,4-9,11H2,1H3. The first-order chi connectivity index (χ1) is 11.9. The van der Waals surface area contributed by atoms with Crippen LogP contribution in [0.1, 0.15) is 16.8 Å². The van der Waals surface area contributed by atoms with E-state index in [2.05, 4.69) is 10.2 Å². The van der Waals surface area contributed by atoms with E-state index in [4.69, 9.17) is 16.3 Å². The van der Waals surface area contributed by atoms with Crippen LogP contribution in [0.3, 0.4) is 0 Å². The molecule has 0 amide bonds. The maximum atomic E-state index is 13.1. The molecule has 3 rings (SSSR count). The summed E-state index contributed by atoms with van der Waals surface area (Å²) in [4.78, 5) is 14.2. The van der Waals surface area contributed by atoms with Crippen molar-refractivity contribution in [2.24, 2.45) is 0 Å². The van der Waals surface area contributed by atoms with Crippen molar-refractivity contribution in [2.45, 2.75) is 17.4 Å². The average Bonchev–Trinajstić information content (AvgIpc) is 3.13. The van der Waals surface area contributed by atoms with Gasteiger partial charge in [-0.15, -0.1) is 0 Å². The van der Waals surface area contributed by atoms with Crippen LogP contribution in [0.5, 0.6) is 0 Å². The Morgan fingerprint density at radius 3 is 2.68 bits per heavy atom. The van der Waals surface area contributed by atoms with Gasteiger partial charge in [0.25, 0.3) is 0 Å². The molecular weight excluding hydrogens is 366 g/mol. The maximum Gasteiger partial charge on any atom is 0.339 e. The predicted molar refractivity (Wildman–Crippen MR) is 94.4 cm³/mol. The van der Waals surface area contributed by atoms with Crippen molar-refractivity contribution in [3.8, 4) is 0 Å². The first-order valence-electron chi connectivity index (χ1n) is 8.26. The molecule has 0 aliphatic carbocycles. The summed E-state index contributed by atoms with van der Waals surface area (Å²) in [5, 5.41) is 3.57. The predicted octanol–water partition coefficient (Wildman–Crippen LogP) is 0.795. The summed E-state index contributed by atoms with van der Waals surface area (Å²) in [7, 11) is -2.59. The number of hydrogen-bond donors (Lipinski definition) is 1. The van der Waals surface area contributed by atoms with E-state index in [0.717, 1.165) is 32.6 Å². The van der Waals surface area contributed by atoms with Crippen LogP contribution >= 0.6 is 11.6 Å². The van der Waals surface area contributed by atoms with E-state index in [1.54, 1.807) is 0 Å².